The molecule has 374 valence electrons. The molecule has 1 rings (SSSR count). The summed E-state index contributed by atoms with van der Waals surface area (Å²) in [6.07, 6.45) is 46.6. The first-order chi connectivity index (χ1) is 31.0. The van der Waals surface area contributed by atoms with Crippen LogP contribution in [0.5, 0.6) is 0 Å². The molecule has 0 saturated carbocycles. The van der Waals surface area contributed by atoms with Crippen LogP contribution in [0.15, 0.2) is 0 Å². The summed E-state index contributed by atoms with van der Waals surface area (Å²) in [5, 5.41) is 0. The van der Waals surface area contributed by atoms with Crippen molar-refractivity contribution in [3.63, 3.8) is 0 Å². The van der Waals surface area contributed by atoms with Gasteiger partial charge in [-0.3, -0.25) is 14.5 Å². The van der Waals surface area contributed by atoms with Gasteiger partial charge in [-0.25, -0.2) is 0 Å². The fourth-order valence-corrected chi connectivity index (χ4v) is 9.71. The third-order valence-corrected chi connectivity index (χ3v) is 14.1. The number of unbranched alkanes of at least 4 members (excludes halogenated alkanes) is 27. The lowest BCUT2D eigenvalue weighted by Crippen LogP contribution is -2.46. The molecule has 0 aromatic rings. The molecular formula is C56H112N4O3. The number of amides is 1. The Morgan fingerprint density at radius 3 is 1.14 bits per heavy atom. The quantitative estimate of drug-likeness (QED) is 0.0448. The number of carbonyl (C=O) groups is 2. The number of likely N-dealkylation sites (tertiary alicyclic amines) is 1. The van der Waals surface area contributed by atoms with Crippen molar-refractivity contribution in [1.29, 1.82) is 0 Å². The van der Waals surface area contributed by atoms with Gasteiger partial charge in [0.05, 0.1) is 13.2 Å². The molecule has 63 heavy (non-hydrogen) atoms. The molecule has 1 aliphatic heterocycles. The average molecular weight is 890 g/mol. The van der Waals surface area contributed by atoms with Crippen LogP contribution in [0.25, 0.3) is 0 Å². The normalized spacial score (nSPS) is 13.6. The zero-order valence-corrected chi connectivity index (χ0v) is 43.5. The highest BCUT2D eigenvalue weighted by Gasteiger charge is 2.25. The minimum absolute atomic E-state index is 0.0448. The van der Waals surface area contributed by atoms with Gasteiger partial charge in [-0.15, -0.1) is 0 Å². The highest BCUT2D eigenvalue weighted by molar-refractivity contribution is 5.78. The Balaban J connectivity index is 2.72. The molecule has 1 saturated heterocycles. The molecule has 1 aliphatic rings. The van der Waals surface area contributed by atoms with Gasteiger partial charge in [0.1, 0.15) is 0 Å². The number of piperidine rings is 1. The molecular weight excluding hydrogens is 777 g/mol. The summed E-state index contributed by atoms with van der Waals surface area (Å²) >= 11 is 0. The van der Waals surface area contributed by atoms with Crippen LogP contribution in [0.2, 0.25) is 0 Å². The first-order valence-corrected chi connectivity index (χ1v) is 28.6. The largest absolute Gasteiger partial charge is 0.466 e. The van der Waals surface area contributed by atoms with Gasteiger partial charge in [0.2, 0.25) is 5.91 Å². The lowest BCUT2D eigenvalue weighted by Gasteiger charge is -2.35. The Hall–Kier alpha value is -1.18. The van der Waals surface area contributed by atoms with E-state index < -0.39 is 0 Å². The zero-order valence-electron chi connectivity index (χ0n) is 43.5. The number of ether oxygens (including phenoxy) is 1. The predicted octanol–water partition coefficient (Wildman–Crippen LogP) is 15.0. The van der Waals surface area contributed by atoms with Crippen molar-refractivity contribution in [1.82, 2.24) is 19.6 Å². The van der Waals surface area contributed by atoms with E-state index in [1.807, 2.05) is 6.92 Å². The Bertz CT molecular complexity index is 954. The van der Waals surface area contributed by atoms with E-state index in [1.165, 1.54) is 232 Å². The highest BCUT2D eigenvalue weighted by Crippen LogP contribution is 2.22. The summed E-state index contributed by atoms with van der Waals surface area (Å²) < 4.78 is 5.12. The lowest BCUT2D eigenvalue weighted by atomic mass is 9.93. The van der Waals surface area contributed by atoms with Crippen LogP contribution in [0.3, 0.4) is 0 Å². The fourth-order valence-electron chi connectivity index (χ4n) is 9.71. The van der Waals surface area contributed by atoms with Crippen molar-refractivity contribution in [2.75, 3.05) is 78.6 Å². The maximum Gasteiger partial charge on any atom is 0.305 e. The van der Waals surface area contributed by atoms with Gasteiger partial charge in [0.15, 0.2) is 0 Å². The maximum atomic E-state index is 14.0. The van der Waals surface area contributed by atoms with Gasteiger partial charge in [-0.1, -0.05) is 195 Å². The van der Waals surface area contributed by atoms with E-state index in [0.717, 1.165) is 64.3 Å². The van der Waals surface area contributed by atoms with E-state index in [4.69, 9.17) is 4.74 Å². The molecule has 7 heteroatoms. The van der Waals surface area contributed by atoms with Crippen LogP contribution in [-0.4, -0.2) is 110 Å². The van der Waals surface area contributed by atoms with Crippen LogP contribution in [0.1, 0.15) is 266 Å². The van der Waals surface area contributed by atoms with Gasteiger partial charge >= 0.3 is 5.97 Å². The van der Waals surface area contributed by atoms with Crippen molar-refractivity contribution in [3.8, 4) is 0 Å². The molecule has 0 aromatic heterocycles. The second-order valence-electron chi connectivity index (χ2n) is 20.0. The molecule has 0 spiro atoms. The summed E-state index contributed by atoms with van der Waals surface area (Å²) in [6.45, 7) is 23.3. The van der Waals surface area contributed by atoms with Crippen molar-refractivity contribution >= 4 is 11.9 Å². The number of esters is 1. The minimum Gasteiger partial charge on any atom is -0.466 e. The number of rotatable bonds is 48. The van der Waals surface area contributed by atoms with Crippen LogP contribution in [-0.2, 0) is 14.3 Å². The smallest absolute Gasteiger partial charge is 0.305 e. The molecule has 7 nitrogen and oxygen atoms in total. The Morgan fingerprint density at radius 2 is 0.746 bits per heavy atom. The van der Waals surface area contributed by atoms with Gasteiger partial charge < -0.3 is 19.4 Å². The second-order valence-corrected chi connectivity index (χ2v) is 20.0. The molecule has 0 aliphatic carbocycles. The van der Waals surface area contributed by atoms with E-state index in [2.05, 4.69) is 47.3 Å². The second kappa shape index (κ2) is 46.0. The van der Waals surface area contributed by atoms with Crippen molar-refractivity contribution in [2.24, 2.45) is 5.92 Å². The van der Waals surface area contributed by atoms with E-state index in [1.54, 1.807) is 0 Å². The summed E-state index contributed by atoms with van der Waals surface area (Å²) in [5.41, 5.74) is 0. The third kappa shape index (κ3) is 37.6. The monoisotopic (exact) mass is 889 g/mol. The van der Waals surface area contributed by atoms with Gasteiger partial charge in [0.25, 0.3) is 0 Å². The summed E-state index contributed by atoms with van der Waals surface area (Å²) in [6, 6.07) is 0. The highest BCUT2D eigenvalue weighted by atomic mass is 16.5. The SMILES string of the molecule is CCCCCCCCCN(CCCCCCC(=O)OCC)CCC1CCN(C(=O)CN(CCCCCCCCC)CCN(CCCCCCCCC)CCCCCCCCC)CC1. The average Bonchev–Trinajstić information content (AvgIpc) is 3.29. The van der Waals surface area contributed by atoms with Crippen LogP contribution in [0, 0.1) is 5.92 Å². The molecule has 0 radical (unpaired) electrons. The topological polar surface area (TPSA) is 56.3 Å². The van der Waals surface area contributed by atoms with Crippen molar-refractivity contribution < 1.29 is 14.3 Å². The molecule has 1 amide bonds. The first kappa shape index (κ1) is 59.8. The Labute approximate surface area is 394 Å². The lowest BCUT2D eigenvalue weighted by molar-refractivity contribution is -0.143. The zero-order chi connectivity index (χ0) is 45.7. The summed E-state index contributed by atoms with van der Waals surface area (Å²) in [4.78, 5) is 36.1. The van der Waals surface area contributed by atoms with Crippen molar-refractivity contribution in [3.05, 3.63) is 0 Å². The van der Waals surface area contributed by atoms with Gasteiger partial charge in [0, 0.05) is 32.6 Å². The molecule has 0 bridgehead atoms. The Morgan fingerprint density at radius 1 is 0.413 bits per heavy atom. The number of carbonyl (C=O) groups excluding carboxylic acids is 2. The minimum atomic E-state index is -0.0448. The summed E-state index contributed by atoms with van der Waals surface area (Å²) in [7, 11) is 0. The molecule has 0 aromatic carbocycles. The van der Waals surface area contributed by atoms with E-state index in [0.29, 0.717) is 25.5 Å². The molecule has 0 atom stereocenters. The van der Waals surface area contributed by atoms with E-state index in [-0.39, 0.29) is 5.97 Å². The maximum absolute atomic E-state index is 14.0. The number of nitrogens with zero attached hydrogens (tertiary/aromatic N) is 4. The summed E-state index contributed by atoms with van der Waals surface area (Å²) in [5.74, 6) is 1.06. The van der Waals surface area contributed by atoms with Crippen LogP contribution in [0.4, 0.5) is 0 Å². The van der Waals surface area contributed by atoms with E-state index >= 15 is 0 Å². The first-order valence-electron chi connectivity index (χ1n) is 28.6. The number of hydrogen-bond donors (Lipinski definition) is 0. The van der Waals surface area contributed by atoms with Crippen molar-refractivity contribution in [2.45, 2.75) is 266 Å². The molecule has 0 N–H and O–H groups in total. The number of hydrogen-bond acceptors (Lipinski definition) is 6. The predicted molar refractivity (Wildman–Crippen MR) is 275 cm³/mol. The van der Waals surface area contributed by atoms with Crippen LogP contribution >= 0.6 is 0 Å². The fraction of sp³-hybridized carbons (Fsp3) is 0.964. The Kier molecular flexibility index (Phi) is 43.6. The van der Waals surface area contributed by atoms with E-state index in [9.17, 15) is 9.59 Å². The third-order valence-electron chi connectivity index (χ3n) is 14.1. The molecule has 1 heterocycles. The molecule has 1 fully saturated rings. The standard InChI is InChI=1S/C56H112N4O3/c1-6-11-15-19-23-28-34-43-57(44-37-32-27-33-39-56(62)63-10-5)48-40-54-41-49-60(50-42-54)55(61)53-59(47-38-31-26-22-18-14-9-4)52-51-58(45-35-29-24-20-16-12-7-2)46-36-30-25-21-17-13-8-3/h54H,6-53H2,1-5H3. The molecule has 0 unspecified atom stereocenters. The van der Waals surface area contributed by atoms with Gasteiger partial charge in [-0.05, 0) is 110 Å². The van der Waals surface area contributed by atoms with Gasteiger partial charge in [-0.2, -0.15) is 0 Å². The van der Waals surface area contributed by atoms with Crippen LogP contribution < -0.4 is 0 Å².